The van der Waals surface area contributed by atoms with Crippen molar-refractivity contribution in [2.75, 3.05) is 61.3 Å². The molecule has 0 saturated carbocycles. The van der Waals surface area contributed by atoms with Crippen LogP contribution in [0.1, 0.15) is 0 Å². The van der Waals surface area contributed by atoms with Crippen molar-refractivity contribution in [3.05, 3.63) is 60.9 Å². The topological polar surface area (TPSA) is 79.8 Å². The third kappa shape index (κ3) is 5.87. The number of methoxy groups -OCH3 is 2. The van der Waals surface area contributed by atoms with Crippen LogP contribution in [0.5, 0.6) is 11.5 Å². The van der Waals surface area contributed by atoms with E-state index in [1.807, 2.05) is 42.5 Å². The van der Waals surface area contributed by atoms with E-state index in [4.69, 9.17) is 9.47 Å². The Labute approximate surface area is 197 Å². The van der Waals surface area contributed by atoms with Crippen molar-refractivity contribution in [3.8, 4) is 11.5 Å². The van der Waals surface area contributed by atoms with Gasteiger partial charge in [-0.1, -0.05) is 30.0 Å². The molecule has 3 aromatic rings. The summed E-state index contributed by atoms with van der Waals surface area (Å²) in [4.78, 5) is 25.8. The second-order valence-corrected chi connectivity index (χ2v) is 8.42. The van der Waals surface area contributed by atoms with Gasteiger partial charge in [-0.05, 0) is 24.3 Å². The van der Waals surface area contributed by atoms with Gasteiger partial charge >= 0.3 is 0 Å². The van der Waals surface area contributed by atoms with Crippen molar-refractivity contribution in [2.45, 2.75) is 5.03 Å². The zero-order valence-electron chi connectivity index (χ0n) is 18.7. The van der Waals surface area contributed by atoms with Crippen molar-refractivity contribution in [2.24, 2.45) is 0 Å². The lowest BCUT2D eigenvalue weighted by molar-refractivity contribution is -0.113. The fourth-order valence-electron chi connectivity index (χ4n) is 3.66. The highest BCUT2D eigenvalue weighted by atomic mass is 32.2. The molecule has 4 rings (SSSR count). The number of amides is 1. The first-order chi connectivity index (χ1) is 16.2. The van der Waals surface area contributed by atoms with Crippen LogP contribution in [0, 0.1) is 0 Å². The van der Waals surface area contributed by atoms with Gasteiger partial charge in [-0.2, -0.15) is 0 Å². The quantitative estimate of drug-likeness (QED) is 0.400. The molecule has 0 bridgehead atoms. The standard InChI is InChI=1S/C24H27N5O3S/c1-31-19-7-5-6-18(14-19)28-10-12-29(13-11-28)22-15-24(26-17-25-22)33-16-23(30)27-20-8-3-4-9-21(20)32-2/h3-9,14-15,17H,10-13,16H2,1-2H3,(H,27,30). The Morgan fingerprint density at radius 3 is 2.55 bits per heavy atom. The maximum Gasteiger partial charge on any atom is 0.234 e. The molecular formula is C24H27N5O3S. The minimum Gasteiger partial charge on any atom is -0.497 e. The molecule has 1 amide bonds. The number of nitrogens with zero attached hydrogens (tertiary/aromatic N) is 4. The van der Waals surface area contributed by atoms with Crippen molar-refractivity contribution < 1.29 is 14.3 Å². The fourth-order valence-corrected chi connectivity index (χ4v) is 4.32. The Kier molecular flexibility index (Phi) is 7.51. The van der Waals surface area contributed by atoms with Crippen molar-refractivity contribution >= 4 is 34.9 Å². The predicted molar refractivity (Wildman–Crippen MR) is 132 cm³/mol. The van der Waals surface area contributed by atoms with Crippen LogP contribution in [0.15, 0.2) is 66.0 Å². The van der Waals surface area contributed by atoms with E-state index >= 15 is 0 Å². The molecule has 8 nitrogen and oxygen atoms in total. The summed E-state index contributed by atoms with van der Waals surface area (Å²) in [5.41, 5.74) is 1.82. The van der Waals surface area contributed by atoms with E-state index in [9.17, 15) is 4.79 Å². The van der Waals surface area contributed by atoms with E-state index in [0.717, 1.165) is 48.5 Å². The number of aromatic nitrogens is 2. The first-order valence-electron chi connectivity index (χ1n) is 10.7. The Morgan fingerprint density at radius 1 is 0.970 bits per heavy atom. The van der Waals surface area contributed by atoms with E-state index in [2.05, 4.69) is 37.2 Å². The van der Waals surface area contributed by atoms with Crippen LogP contribution >= 0.6 is 11.8 Å². The minimum absolute atomic E-state index is 0.114. The van der Waals surface area contributed by atoms with E-state index in [1.165, 1.54) is 11.8 Å². The molecule has 2 aromatic carbocycles. The van der Waals surface area contributed by atoms with Crippen molar-refractivity contribution in [3.63, 3.8) is 0 Å². The smallest absolute Gasteiger partial charge is 0.234 e. The molecule has 1 aliphatic rings. The summed E-state index contributed by atoms with van der Waals surface area (Å²) in [5, 5.41) is 3.65. The number of para-hydroxylation sites is 2. The molecule has 2 heterocycles. The molecule has 0 unspecified atom stereocenters. The van der Waals surface area contributed by atoms with Gasteiger partial charge in [-0.15, -0.1) is 0 Å². The summed E-state index contributed by atoms with van der Waals surface area (Å²) in [6.45, 7) is 3.49. The fraction of sp³-hybridized carbons (Fsp3) is 0.292. The Hall–Kier alpha value is -3.46. The number of nitrogens with one attached hydrogen (secondary N) is 1. The second-order valence-electron chi connectivity index (χ2n) is 7.43. The first-order valence-corrected chi connectivity index (χ1v) is 11.7. The van der Waals surface area contributed by atoms with Gasteiger partial charge in [0.1, 0.15) is 28.7 Å². The molecule has 172 valence electrons. The van der Waals surface area contributed by atoms with E-state index in [0.29, 0.717) is 11.4 Å². The third-order valence-corrected chi connectivity index (χ3v) is 6.31. The summed E-state index contributed by atoms with van der Waals surface area (Å²) in [5.74, 6) is 2.51. The van der Waals surface area contributed by atoms with Gasteiger partial charge in [0.05, 0.1) is 25.7 Å². The predicted octanol–water partition coefficient (Wildman–Crippen LogP) is 3.55. The average molecular weight is 466 g/mol. The zero-order valence-corrected chi connectivity index (χ0v) is 19.5. The van der Waals surface area contributed by atoms with Gasteiger partial charge in [-0.3, -0.25) is 4.79 Å². The monoisotopic (exact) mass is 465 g/mol. The second kappa shape index (κ2) is 10.9. The molecule has 0 radical (unpaired) electrons. The summed E-state index contributed by atoms with van der Waals surface area (Å²) < 4.78 is 10.6. The Balaban J connectivity index is 1.31. The van der Waals surface area contributed by atoms with E-state index in [-0.39, 0.29) is 11.7 Å². The molecule has 1 fully saturated rings. The Bertz CT molecular complexity index is 1090. The van der Waals surface area contributed by atoms with Gasteiger partial charge in [0.25, 0.3) is 0 Å². The lowest BCUT2D eigenvalue weighted by atomic mass is 10.2. The number of hydrogen-bond donors (Lipinski definition) is 1. The minimum atomic E-state index is -0.114. The molecule has 1 aromatic heterocycles. The molecule has 0 atom stereocenters. The first kappa shape index (κ1) is 22.7. The van der Waals surface area contributed by atoms with Gasteiger partial charge in [0, 0.05) is 44.0 Å². The molecular weight excluding hydrogens is 438 g/mol. The van der Waals surface area contributed by atoms with Crippen LogP contribution in [0.25, 0.3) is 0 Å². The molecule has 1 aliphatic heterocycles. The number of ether oxygens (including phenoxy) is 2. The van der Waals surface area contributed by atoms with Crippen LogP contribution < -0.4 is 24.6 Å². The number of piperazine rings is 1. The Morgan fingerprint density at radius 2 is 1.76 bits per heavy atom. The van der Waals surface area contributed by atoms with Gasteiger partial charge in [-0.25, -0.2) is 9.97 Å². The van der Waals surface area contributed by atoms with Crippen LogP contribution in [0.2, 0.25) is 0 Å². The summed E-state index contributed by atoms with van der Waals surface area (Å²) >= 11 is 1.39. The van der Waals surface area contributed by atoms with E-state index in [1.54, 1.807) is 20.5 Å². The zero-order chi connectivity index (χ0) is 23.0. The summed E-state index contributed by atoms with van der Waals surface area (Å²) in [6.07, 6.45) is 1.56. The molecule has 1 saturated heterocycles. The average Bonchev–Trinajstić information content (AvgIpc) is 2.88. The largest absolute Gasteiger partial charge is 0.497 e. The van der Waals surface area contributed by atoms with Gasteiger partial charge in [0.15, 0.2) is 0 Å². The van der Waals surface area contributed by atoms with Crippen LogP contribution in [-0.4, -0.2) is 62.0 Å². The molecule has 0 spiro atoms. The molecule has 0 aliphatic carbocycles. The number of anilines is 3. The van der Waals surface area contributed by atoms with Crippen LogP contribution in [-0.2, 0) is 4.79 Å². The van der Waals surface area contributed by atoms with E-state index < -0.39 is 0 Å². The van der Waals surface area contributed by atoms with Crippen LogP contribution in [0.3, 0.4) is 0 Å². The SMILES string of the molecule is COc1cccc(N2CCN(c3cc(SCC(=O)Nc4ccccc4OC)ncn3)CC2)c1. The van der Waals surface area contributed by atoms with Gasteiger partial charge < -0.3 is 24.6 Å². The summed E-state index contributed by atoms with van der Waals surface area (Å²) in [6, 6.07) is 17.4. The van der Waals surface area contributed by atoms with Crippen molar-refractivity contribution in [1.29, 1.82) is 0 Å². The number of hydrogen-bond acceptors (Lipinski definition) is 8. The van der Waals surface area contributed by atoms with Gasteiger partial charge in [0.2, 0.25) is 5.91 Å². The maximum absolute atomic E-state index is 12.4. The molecule has 9 heteroatoms. The number of benzene rings is 2. The lowest BCUT2D eigenvalue weighted by Gasteiger charge is -2.36. The number of carbonyl (C=O) groups is 1. The normalized spacial score (nSPS) is 13.5. The highest BCUT2D eigenvalue weighted by Gasteiger charge is 2.19. The maximum atomic E-state index is 12.4. The number of rotatable bonds is 8. The number of carbonyl (C=O) groups excluding carboxylic acids is 1. The summed E-state index contributed by atoms with van der Waals surface area (Å²) in [7, 11) is 3.27. The van der Waals surface area contributed by atoms with Crippen molar-refractivity contribution in [1.82, 2.24) is 9.97 Å². The molecule has 33 heavy (non-hydrogen) atoms. The lowest BCUT2D eigenvalue weighted by Crippen LogP contribution is -2.46. The third-order valence-electron chi connectivity index (χ3n) is 5.38. The molecule has 1 N–H and O–H groups in total. The van der Waals surface area contributed by atoms with Crippen LogP contribution in [0.4, 0.5) is 17.2 Å². The number of thioether (sulfide) groups is 1. The highest BCUT2D eigenvalue weighted by Crippen LogP contribution is 2.26. The highest BCUT2D eigenvalue weighted by molar-refractivity contribution is 7.99.